The largest absolute Gasteiger partial charge is 0.384 e. The van der Waals surface area contributed by atoms with E-state index in [1.165, 1.54) is 32.1 Å². The van der Waals surface area contributed by atoms with Crippen molar-refractivity contribution in [3.8, 4) is 12.1 Å². The number of aromatic amines is 1. The third-order valence-corrected chi connectivity index (χ3v) is 3.91. The highest BCUT2D eigenvalue weighted by Gasteiger charge is 2.13. The molecule has 0 saturated carbocycles. The molecule has 1 rings (SSSR count). The molecule has 1 heterocycles. The topological polar surface area (TPSA) is 89.4 Å². The van der Waals surface area contributed by atoms with Gasteiger partial charge in [0.15, 0.2) is 0 Å². The predicted octanol–water partition coefficient (Wildman–Crippen LogP) is 4.36. The number of nitriles is 2. The van der Waals surface area contributed by atoms with Crippen molar-refractivity contribution in [3.63, 3.8) is 0 Å². The minimum atomic E-state index is 0.263. The molecule has 4 nitrogen and oxygen atoms in total. The number of aromatic nitrogens is 1. The van der Waals surface area contributed by atoms with Crippen LogP contribution in [-0.4, -0.2) is 4.98 Å². The Morgan fingerprint density at radius 2 is 1.57 bits per heavy atom. The van der Waals surface area contributed by atoms with Gasteiger partial charge in [-0.1, -0.05) is 57.7 Å². The van der Waals surface area contributed by atoms with Gasteiger partial charge in [0.05, 0.1) is 11.1 Å². The number of hydrogen-bond acceptors (Lipinski definition) is 4. The molecule has 1 aromatic heterocycles. The Morgan fingerprint density at radius 1 is 1.00 bits per heavy atom. The molecule has 112 valence electrons. The van der Waals surface area contributed by atoms with Gasteiger partial charge >= 0.3 is 0 Å². The summed E-state index contributed by atoms with van der Waals surface area (Å²) in [4.78, 5) is 2.72. The third kappa shape index (κ3) is 4.88. The van der Waals surface area contributed by atoms with Crippen molar-refractivity contribution in [2.24, 2.45) is 0 Å². The summed E-state index contributed by atoms with van der Waals surface area (Å²) in [6.07, 6.45) is 9.01. The Labute approximate surface area is 131 Å². The van der Waals surface area contributed by atoms with E-state index in [1.54, 1.807) is 0 Å². The molecule has 5 heteroatoms. The highest BCUT2D eigenvalue weighted by atomic mass is 32.1. The van der Waals surface area contributed by atoms with E-state index in [1.807, 2.05) is 0 Å². The second-order valence-electron chi connectivity index (χ2n) is 5.19. The molecule has 0 aliphatic rings. The van der Waals surface area contributed by atoms with Crippen LogP contribution in [0.1, 0.15) is 68.6 Å². The Kier molecular flexibility index (Phi) is 7.50. The van der Waals surface area contributed by atoms with E-state index in [0.29, 0.717) is 27.8 Å². The van der Waals surface area contributed by atoms with Crippen LogP contribution in [0.15, 0.2) is 0 Å². The highest BCUT2D eigenvalue weighted by molar-refractivity contribution is 7.71. The lowest BCUT2D eigenvalue weighted by Gasteiger charge is -2.09. The lowest BCUT2D eigenvalue weighted by Crippen LogP contribution is -2.04. The number of H-pyrrole nitrogens is 1. The van der Waals surface area contributed by atoms with Gasteiger partial charge in [-0.05, 0) is 18.4 Å². The number of nitrogens with zero attached hydrogens (tertiary/aromatic N) is 2. The molecular weight excluding hydrogens is 280 g/mol. The van der Waals surface area contributed by atoms with Crippen molar-refractivity contribution >= 4 is 18.0 Å². The smallest absolute Gasteiger partial charge is 0.123 e. The lowest BCUT2D eigenvalue weighted by molar-refractivity contribution is 0.589. The van der Waals surface area contributed by atoms with Crippen LogP contribution in [0.3, 0.4) is 0 Å². The predicted molar refractivity (Wildman–Crippen MR) is 87.2 cm³/mol. The molecule has 0 atom stereocenters. The average molecular weight is 302 g/mol. The zero-order valence-electron chi connectivity index (χ0n) is 12.5. The van der Waals surface area contributed by atoms with Crippen LogP contribution in [0, 0.1) is 27.3 Å². The van der Waals surface area contributed by atoms with E-state index >= 15 is 0 Å². The van der Waals surface area contributed by atoms with Gasteiger partial charge in [0, 0.05) is 0 Å². The zero-order chi connectivity index (χ0) is 15.7. The Bertz CT molecular complexity index is 604. The van der Waals surface area contributed by atoms with Gasteiger partial charge < -0.3 is 10.7 Å². The van der Waals surface area contributed by atoms with Crippen molar-refractivity contribution < 1.29 is 0 Å². The minimum absolute atomic E-state index is 0.263. The molecule has 0 amide bonds. The molecule has 3 N–H and O–H groups in total. The van der Waals surface area contributed by atoms with E-state index in [2.05, 4.69) is 24.0 Å². The van der Waals surface area contributed by atoms with Gasteiger partial charge in [-0.15, -0.1) is 0 Å². The maximum absolute atomic E-state index is 9.22. The SMILES string of the molecule is CCCCCCCCCc1c(C#N)c(N)[nH]c(=S)c1C#N. The fourth-order valence-corrected chi connectivity index (χ4v) is 2.71. The molecule has 0 bridgehead atoms. The number of pyridine rings is 1. The summed E-state index contributed by atoms with van der Waals surface area (Å²) < 4.78 is 0.326. The van der Waals surface area contributed by atoms with E-state index in [4.69, 9.17) is 18.0 Å². The van der Waals surface area contributed by atoms with E-state index in [-0.39, 0.29) is 5.82 Å². The summed E-state index contributed by atoms with van der Waals surface area (Å²) in [7, 11) is 0. The maximum Gasteiger partial charge on any atom is 0.123 e. The van der Waals surface area contributed by atoms with Crippen molar-refractivity contribution in [3.05, 3.63) is 21.3 Å². The van der Waals surface area contributed by atoms with Gasteiger partial charge in [-0.2, -0.15) is 10.5 Å². The average Bonchev–Trinajstić information content (AvgIpc) is 2.46. The fourth-order valence-electron chi connectivity index (χ4n) is 2.43. The zero-order valence-corrected chi connectivity index (χ0v) is 13.4. The second kappa shape index (κ2) is 9.15. The first-order chi connectivity index (χ1) is 10.2. The van der Waals surface area contributed by atoms with Gasteiger partial charge in [-0.25, -0.2) is 0 Å². The molecule has 0 aromatic carbocycles. The standard InChI is InChI=1S/C16H22N4S/c1-2-3-4-5-6-7-8-9-12-13(10-17)15(19)20-16(21)14(12)11-18/h2-9H2,1H3,(H3,19,20,21). The second-order valence-corrected chi connectivity index (χ2v) is 5.60. The summed E-state index contributed by atoms with van der Waals surface area (Å²) in [5.74, 6) is 0.263. The van der Waals surface area contributed by atoms with Gasteiger partial charge in [0.25, 0.3) is 0 Å². The summed E-state index contributed by atoms with van der Waals surface area (Å²) in [6, 6.07) is 4.17. The van der Waals surface area contributed by atoms with Crippen LogP contribution in [0.4, 0.5) is 5.82 Å². The number of nitrogen functional groups attached to an aromatic ring is 1. The Hall–Kier alpha value is -1.85. The van der Waals surface area contributed by atoms with Crippen LogP contribution >= 0.6 is 12.2 Å². The monoisotopic (exact) mass is 302 g/mol. The summed E-state index contributed by atoms with van der Waals surface area (Å²) >= 11 is 5.12. The molecule has 0 aliphatic heterocycles. The van der Waals surface area contributed by atoms with Crippen molar-refractivity contribution in [2.45, 2.75) is 58.3 Å². The first-order valence-corrected chi connectivity index (χ1v) is 7.91. The van der Waals surface area contributed by atoms with Crippen molar-refractivity contribution in [1.82, 2.24) is 4.98 Å². The molecule has 0 saturated heterocycles. The molecule has 0 radical (unpaired) electrons. The van der Waals surface area contributed by atoms with Crippen molar-refractivity contribution in [2.75, 3.05) is 5.73 Å². The fraction of sp³-hybridized carbons (Fsp3) is 0.562. The lowest BCUT2D eigenvalue weighted by atomic mass is 9.98. The molecule has 21 heavy (non-hydrogen) atoms. The van der Waals surface area contributed by atoms with Crippen LogP contribution in [0.5, 0.6) is 0 Å². The number of anilines is 1. The number of nitrogens with two attached hydrogens (primary N) is 1. The van der Waals surface area contributed by atoms with E-state index in [0.717, 1.165) is 12.8 Å². The Balaban J connectivity index is 2.69. The van der Waals surface area contributed by atoms with Crippen molar-refractivity contribution in [1.29, 1.82) is 10.5 Å². The molecule has 0 aliphatic carbocycles. The maximum atomic E-state index is 9.22. The summed E-state index contributed by atoms with van der Waals surface area (Å²) in [6.45, 7) is 2.20. The first-order valence-electron chi connectivity index (χ1n) is 7.50. The van der Waals surface area contributed by atoms with E-state index < -0.39 is 0 Å². The highest BCUT2D eigenvalue weighted by Crippen LogP contribution is 2.22. The molecule has 0 fully saturated rings. The number of rotatable bonds is 8. The van der Waals surface area contributed by atoms with E-state index in [9.17, 15) is 10.5 Å². The molecule has 0 unspecified atom stereocenters. The number of unbranched alkanes of at least 4 members (excludes halogenated alkanes) is 6. The third-order valence-electron chi connectivity index (χ3n) is 3.60. The Morgan fingerprint density at radius 3 is 2.14 bits per heavy atom. The normalized spacial score (nSPS) is 10.0. The number of nitrogens with one attached hydrogen (secondary N) is 1. The molecule has 1 aromatic rings. The van der Waals surface area contributed by atoms with Crippen LogP contribution < -0.4 is 5.73 Å². The summed E-state index contributed by atoms with van der Waals surface area (Å²) in [5.41, 5.74) is 7.25. The van der Waals surface area contributed by atoms with Gasteiger partial charge in [0.2, 0.25) is 0 Å². The molecular formula is C16H22N4S. The quantitative estimate of drug-likeness (QED) is 0.551. The van der Waals surface area contributed by atoms with Gasteiger partial charge in [0.1, 0.15) is 22.6 Å². The van der Waals surface area contributed by atoms with Gasteiger partial charge in [-0.3, -0.25) is 0 Å². The first kappa shape index (κ1) is 17.2. The number of hydrogen-bond donors (Lipinski definition) is 2. The van der Waals surface area contributed by atoms with Crippen LogP contribution in [0.2, 0.25) is 0 Å². The summed E-state index contributed by atoms with van der Waals surface area (Å²) in [5, 5.41) is 18.4. The molecule has 0 spiro atoms. The minimum Gasteiger partial charge on any atom is -0.384 e. The van der Waals surface area contributed by atoms with Crippen LogP contribution in [0.25, 0.3) is 0 Å². The van der Waals surface area contributed by atoms with Crippen LogP contribution in [-0.2, 0) is 6.42 Å².